The van der Waals surface area contributed by atoms with Crippen LogP contribution in [0.4, 0.5) is 0 Å². The van der Waals surface area contributed by atoms with E-state index in [1.807, 2.05) is 41.5 Å². The van der Waals surface area contributed by atoms with Crippen LogP contribution in [0.3, 0.4) is 0 Å². The number of ether oxygens (including phenoxy) is 1. The second-order valence-electron chi connectivity index (χ2n) is 27.7. The minimum absolute atomic E-state index is 0.0921. The van der Waals surface area contributed by atoms with Crippen LogP contribution < -0.4 is 21.3 Å². The summed E-state index contributed by atoms with van der Waals surface area (Å²) < 4.78 is 5.73. The molecular formula is C65H116N12O15. The molecule has 0 bridgehead atoms. The van der Waals surface area contributed by atoms with Gasteiger partial charge in [-0.15, -0.1) is 0 Å². The van der Waals surface area contributed by atoms with Gasteiger partial charge in [-0.25, -0.2) is 0 Å². The number of aliphatic hydroxyl groups is 1. The van der Waals surface area contributed by atoms with Gasteiger partial charge in [0.15, 0.2) is 0 Å². The van der Waals surface area contributed by atoms with E-state index in [0.29, 0.717) is 0 Å². The largest absolute Gasteiger partial charge is 0.390 e. The van der Waals surface area contributed by atoms with Crippen molar-refractivity contribution in [3.05, 3.63) is 22.3 Å². The third-order valence-corrected chi connectivity index (χ3v) is 17.5. The molecule has 0 radical (unpaired) electrons. The summed E-state index contributed by atoms with van der Waals surface area (Å²) in [5.41, 5.74) is -1.14. The summed E-state index contributed by atoms with van der Waals surface area (Å²) in [6.45, 7) is 28.0. The van der Waals surface area contributed by atoms with Crippen LogP contribution in [0.2, 0.25) is 0 Å². The van der Waals surface area contributed by atoms with Gasteiger partial charge in [0.25, 0.3) is 0 Å². The Morgan fingerprint density at radius 3 is 1.41 bits per heavy atom. The molecule has 1 fully saturated rings. The summed E-state index contributed by atoms with van der Waals surface area (Å²) in [5, 5.41) is 35.1. The number of carbonyl (C=O) groups excluding carboxylic acids is 11. The van der Waals surface area contributed by atoms with Crippen molar-refractivity contribution in [1.82, 2.24) is 55.6 Å². The van der Waals surface area contributed by atoms with Crippen molar-refractivity contribution in [1.29, 1.82) is 0 Å². The van der Waals surface area contributed by atoms with Crippen LogP contribution in [0, 0.1) is 45.6 Å². The molecular weight excluding hydrogens is 1190 g/mol. The lowest BCUT2D eigenvalue weighted by Gasteiger charge is -2.41. The molecule has 1 saturated heterocycles. The molecule has 27 nitrogen and oxygen atoms in total. The van der Waals surface area contributed by atoms with Gasteiger partial charge < -0.3 is 65.4 Å². The van der Waals surface area contributed by atoms with Gasteiger partial charge in [-0.2, -0.15) is 0 Å². The van der Waals surface area contributed by atoms with Gasteiger partial charge in [0.1, 0.15) is 66.5 Å². The molecule has 0 aliphatic carbocycles. The Balaban J connectivity index is 4.57. The number of nitrogens with zero attached hydrogens (tertiary/aromatic N) is 8. The Morgan fingerprint density at radius 2 is 0.957 bits per heavy atom. The molecule has 1 aliphatic heterocycles. The standard InChI is InChI=1S/C65H116N12O15/c1-26-28-29-41(13)53(78)52-57(82)68-44(27-2)59(84)70(18)45(30-31-77(90)91)60(85)74(22)49(35-65(16,17)92-25)56(81)69-50(39(9)10)63(88)71(19)46(32-36(3)4)55(80)66-42(14)54(79)67-43(15)58(83)72(20)47(33-37(5)6)61(86)73(21)48(34-38(7)8)62(87)75(23)51(40(11)12)64(89)76(52)24/h26,28,36-53,78H,27,29-35H2,1-25H3,(H,66,80)(H,67,79)(H,68,82)(H,69,81)/t41-,42+,43-,44+,45?,46+,47+,48+,49+,50+,51+,52+,53-/m1/s1. The molecule has 1 aliphatic rings. The zero-order valence-electron chi connectivity index (χ0n) is 59.9. The van der Waals surface area contributed by atoms with Crippen molar-refractivity contribution < 1.29 is 67.5 Å². The molecule has 0 aromatic rings. The summed E-state index contributed by atoms with van der Waals surface area (Å²) in [7, 11) is 10.8. The lowest BCUT2D eigenvalue weighted by atomic mass is 9.91. The van der Waals surface area contributed by atoms with Crippen LogP contribution in [0.1, 0.15) is 163 Å². The number of hydrogen-bond donors (Lipinski definition) is 5. The molecule has 92 heavy (non-hydrogen) atoms. The molecule has 11 amide bonds. The molecule has 27 heteroatoms. The van der Waals surface area contributed by atoms with Gasteiger partial charge in [-0.3, -0.25) is 62.9 Å². The highest BCUT2D eigenvalue weighted by Gasteiger charge is 2.47. The average molecular weight is 1310 g/mol. The second kappa shape index (κ2) is 37.2. The Bertz CT molecular complexity index is 2580. The van der Waals surface area contributed by atoms with Gasteiger partial charge in [0.2, 0.25) is 71.5 Å². The first-order valence-electron chi connectivity index (χ1n) is 32.4. The van der Waals surface area contributed by atoms with Crippen molar-refractivity contribution in [3.63, 3.8) is 0 Å². The number of aliphatic hydroxyl groups excluding tert-OH is 1. The summed E-state index contributed by atoms with van der Waals surface area (Å²) in [6.07, 6.45) is 1.56. The van der Waals surface area contributed by atoms with Crippen molar-refractivity contribution in [2.45, 2.75) is 241 Å². The fraction of sp³-hybridized carbons (Fsp3) is 0.800. The van der Waals surface area contributed by atoms with Crippen LogP contribution >= 0.6 is 0 Å². The second-order valence-corrected chi connectivity index (χ2v) is 27.7. The van der Waals surface area contributed by atoms with Crippen LogP contribution in [0.5, 0.6) is 0 Å². The number of carbonyl (C=O) groups is 11. The van der Waals surface area contributed by atoms with Crippen LogP contribution in [0.15, 0.2) is 12.2 Å². The smallest absolute Gasteiger partial charge is 0.246 e. The van der Waals surface area contributed by atoms with Crippen LogP contribution in [-0.2, 0) is 57.5 Å². The quantitative estimate of drug-likeness (QED) is 0.0705. The van der Waals surface area contributed by atoms with Crippen molar-refractivity contribution in [2.75, 3.05) is 63.0 Å². The van der Waals surface area contributed by atoms with E-state index in [4.69, 9.17) is 4.74 Å². The van der Waals surface area contributed by atoms with Gasteiger partial charge in [0.05, 0.1) is 11.7 Å². The molecule has 13 atom stereocenters. The van der Waals surface area contributed by atoms with E-state index in [2.05, 4.69) is 21.3 Å². The normalized spacial score (nSPS) is 26.7. The molecule has 0 spiro atoms. The third kappa shape index (κ3) is 23.1. The third-order valence-electron chi connectivity index (χ3n) is 17.5. The zero-order valence-corrected chi connectivity index (χ0v) is 59.9. The van der Waals surface area contributed by atoms with Gasteiger partial charge in [-0.1, -0.05) is 95.2 Å². The Labute approximate surface area is 547 Å². The topological polar surface area (TPSA) is 331 Å². The van der Waals surface area contributed by atoms with E-state index in [1.165, 1.54) is 89.9 Å². The molecule has 0 saturated carbocycles. The van der Waals surface area contributed by atoms with Gasteiger partial charge in [-0.05, 0) is 102 Å². The fourth-order valence-corrected chi connectivity index (χ4v) is 11.4. The van der Waals surface area contributed by atoms with E-state index in [0.717, 1.165) is 14.7 Å². The lowest BCUT2D eigenvalue weighted by molar-refractivity contribution is -0.481. The van der Waals surface area contributed by atoms with Crippen molar-refractivity contribution >= 4 is 65.0 Å². The zero-order chi connectivity index (χ0) is 71.5. The number of amides is 11. The van der Waals surface area contributed by atoms with E-state index in [9.17, 15) is 44.0 Å². The molecule has 526 valence electrons. The summed E-state index contributed by atoms with van der Waals surface area (Å²) in [6, 6.07) is -15.2. The first kappa shape index (κ1) is 83.2. The number of rotatable bonds is 19. The first-order valence-corrected chi connectivity index (χ1v) is 32.4. The van der Waals surface area contributed by atoms with E-state index in [1.54, 1.807) is 74.5 Å². The van der Waals surface area contributed by atoms with Crippen molar-refractivity contribution in [3.8, 4) is 0 Å². The van der Waals surface area contributed by atoms with Crippen LogP contribution in [-0.4, -0.2) is 250 Å². The van der Waals surface area contributed by atoms with Gasteiger partial charge >= 0.3 is 0 Å². The molecule has 1 unspecified atom stereocenters. The Kier molecular flexibility index (Phi) is 33.7. The highest BCUT2D eigenvalue weighted by molar-refractivity contribution is 6.00. The number of likely N-dealkylation sites (N-methyl/N-ethyl adjacent to an activating group) is 7. The summed E-state index contributed by atoms with van der Waals surface area (Å²) in [5.74, 6) is -11.2. The molecule has 1 heterocycles. The Morgan fingerprint density at radius 1 is 0.533 bits per heavy atom. The number of nitrogens with one attached hydrogen (secondary N) is 4. The van der Waals surface area contributed by atoms with E-state index < -0.39 is 179 Å². The van der Waals surface area contributed by atoms with Crippen molar-refractivity contribution in [2.24, 2.45) is 35.5 Å². The number of hydrogen-bond acceptors (Lipinski definition) is 15. The minimum Gasteiger partial charge on any atom is -0.390 e. The monoisotopic (exact) mass is 1300 g/mol. The fourth-order valence-electron chi connectivity index (χ4n) is 11.4. The SMILES string of the molecule is CC=CC[C@@H](C)[C@@H](O)[C@H]1C(=O)N[C@@H](CC)C(=O)N(C)C(CC[N+](=O)[O-])C(=O)N(C)[C@@H](CC(C)(C)OC)C(=O)N[C@@H](C(C)C)C(=O)N(C)[C@@H](CC(C)C)C(=O)N[C@@H](C)C(=O)N[C@H](C)C(=O)N(C)[C@@H](CC(C)C)C(=O)N(C)[C@@H](CC(C)C)C(=O)N(C)[C@@H](C(C)C)C(=O)N1C. The minimum atomic E-state index is -1.73. The number of nitro groups is 1. The maximum Gasteiger partial charge on any atom is 0.246 e. The van der Waals surface area contributed by atoms with Gasteiger partial charge in [0, 0.05) is 74.2 Å². The molecule has 1 rings (SSSR count). The van der Waals surface area contributed by atoms with E-state index in [-0.39, 0.29) is 56.3 Å². The predicted octanol–water partition coefficient (Wildman–Crippen LogP) is 3.07. The number of methoxy groups -OCH3 is 1. The molecule has 5 N–H and O–H groups in total. The van der Waals surface area contributed by atoms with E-state index >= 15 is 24.0 Å². The summed E-state index contributed by atoms with van der Waals surface area (Å²) >= 11 is 0. The predicted molar refractivity (Wildman–Crippen MR) is 350 cm³/mol. The maximum absolute atomic E-state index is 15.3. The molecule has 0 aromatic carbocycles. The number of allylic oxidation sites excluding steroid dienone is 2. The highest BCUT2D eigenvalue weighted by atomic mass is 16.6. The first-order chi connectivity index (χ1) is 42.4. The molecule has 0 aromatic heterocycles. The lowest BCUT2D eigenvalue weighted by Crippen LogP contribution is -2.64. The highest BCUT2D eigenvalue weighted by Crippen LogP contribution is 2.27. The Hall–Kier alpha value is -6.77. The average Bonchev–Trinajstić information content (AvgIpc) is 0.912. The van der Waals surface area contributed by atoms with Crippen LogP contribution in [0.25, 0.3) is 0 Å². The maximum atomic E-state index is 15.3. The summed E-state index contributed by atoms with van der Waals surface area (Å²) in [4.78, 5) is 182.